The molecule has 47 heavy (non-hydrogen) atoms. The van der Waals surface area contributed by atoms with Gasteiger partial charge in [-0.1, -0.05) is 24.3 Å². The Balaban J connectivity index is 1.57. The Hall–Kier alpha value is -3.95. The number of hydrogen-bond acceptors (Lipinski definition) is 7. The molecule has 1 saturated heterocycles. The van der Waals surface area contributed by atoms with Crippen molar-refractivity contribution in [3.05, 3.63) is 64.8 Å². The van der Waals surface area contributed by atoms with Gasteiger partial charge in [-0.05, 0) is 110 Å². The predicted molar refractivity (Wildman–Crippen MR) is 184 cm³/mol. The molecule has 3 aliphatic rings. The van der Waals surface area contributed by atoms with Crippen LogP contribution in [0.1, 0.15) is 88.8 Å². The minimum absolute atomic E-state index is 0.0280. The highest BCUT2D eigenvalue weighted by molar-refractivity contribution is 5.81. The number of ether oxygens (including phenoxy) is 3. The van der Waals surface area contributed by atoms with Gasteiger partial charge in [-0.15, -0.1) is 0 Å². The van der Waals surface area contributed by atoms with Crippen molar-refractivity contribution in [2.24, 2.45) is 0 Å². The fraction of sp³-hybridized carbons (Fsp3) is 0.500. The van der Waals surface area contributed by atoms with Crippen molar-refractivity contribution in [2.45, 2.75) is 104 Å². The van der Waals surface area contributed by atoms with Crippen molar-refractivity contribution in [1.29, 1.82) is 0 Å². The summed E-state index contributed by atoms with van der Waals surface area (Å²) in [7, 11) is 0. The monoisotopic (exact) mass is 640 g/mol. The third-order valence-corrected chi connectivity index (χ3v) is 9.56. The van der Waals surface area contributed by atoms with E-state index in [-0.39, 0.29) is 11.7 Å². The van der Waals surface area contributed by atoms with E-state index in [0.29, 0.717) is 42.4 Å². The molecule has 5 heterocycles. The van der Waals surface area contributed by atoms with Crippen molar-refractivity contribution in [3.63, 3.8) is 0 Å². The molecule has 4 aromatic rings. The summed E-state index contributed by atoms with van der Waals surface area (Å²) in [6.45, 7) is 18.1. The first-order valence-electron chi connectivity index (χ1n) is 16.8. The Bertz CT molecular complexity index is 1800. The molecule has 2 aromatic carbocycles. The number of nitrogens with zero attached hydrogens (tertiary/aromatic N) is 4. The Morgan fingerprint density at radius 1 is 1.09 bits per heavy atom. The average Bonchev–Trinajstić information content (AvgIpc) is 3.43. The molecule has 2 aromatic heterocycles. The molecule has 0 radical (unpaired) electrons. The molecule has 2 atom stereocenters. The van der Waals surface area contributed by atoms with Crippen LogP contribution in [0.3, 0.4) is 0 Å². The summed E-state index contributed by atoms with van der Waals surface area (Å²) >= 11 is 0. The van der Waals surface area contributed by atoms with Crippen LogP contribution >= 0.6 is 0 Å². The summed E-state index contributed by atoms with van der Waals surface area (Å²) < 4.78 is 21.2. The van der Waals surface area contributed by atoms with E-state index < -0.39 is 17.7 Å². The molecule has 7 rings (SSSR count). The highest BCUT2D eigenvalue weighted by atomic mass is 16.5. The molecule has 3 aliphatic heterocycles. The normalized spacial score (nSPS) is 21.1. The first-order valence-corrected chi connectivity index (χ1v) is 16.8. The van der Waals surface area contributed by atoms with E-state index in [1.165, 1.54) is 11.1 Å². The SMILES string of the molecule is Cc1ccc2c(c1C)-c1cccc(c1)-c1cc3nc(C)c([C@H](OC(C)(C)C)C(=O)O)c(n3n1)N1CCC(C)(CC1)OCCC[C@H](C)O2. The van der Waals surface area contributed by atoms with Gasteiger partial charge in [0.25, 0.3) is 0 Å². The van der Waals surface area contributed by atoms with E-state index in [4.69, 9.17) is 24.3 Å². The van der Waals surface area contributed by atoms with Gasteiger partial charge < -0.3 is 24.2 Å². The number of anilines is 1. The number of piperidine rings is 1. The summed E-state index contributed by atoms with van der Waals surface area (Å²) in [5.41, 5.74) is 7.03. The number of benzene rings is 2. The van der Waals surface area contributed by atoms with Gasteiger partial charge in [0.05, 0.1) is 28.6 Å². The Morgan fingerprint density at radius 3 is 2.51 bits per heavy atom. The van der Waals surface area contributed by atoms with E-state index in [0.717, 1.165) is 53.8 Å². The van der Waals surface area contributed by atoms with Crippen molar-refractivity contribution < 1.29 is 24.1 Å². The number of aryl methyl sites for hydroxylation is 2. The average molecular weight is 641 g/mol. The molecule has 0 saturated carbocycles. The second kappa shape index (κ2) is 12.6. The standard InChI is InChI=1S/C38H48N4O5/c1-23-14-15-30-32(25(23)3)28-13-9-12-27(21-28)29-22-31-39-26(4)33(34(36(43)44)47-37(5,6)7)35(42(31)40-29)41-18-16-38(8,17-19-41)45-20-10-11-24(2)46-30/h9,12-15,21-22,24,34H,10-11,16-20H2,1-8H3,(H,43,44)/t24-,34-/m0/s1. The summed E-state index contributed by atoms with van der Waals surface area (Å²) in [5.74, 6) is 0.528. The third kappa shape index (κ3) is 6.74. The maximum atomic E-state index is 12.8. The largest absolute Gasteiger partial charge is 0.490 e. The summed E-state index contributed by atoms with van der Waals surface area (Å²) in [6.07, 6.45) is 2.18. The van der Waals surface area contributed by atoms with Crippen LogP contribution in [0.25, 0.3) is 28.0 Å². The molecule has 0 amide bonds. The Morgan fingerprint density at radius 2 is 1.81 bits per heavy atom. The molecular formula is C38H48N4O5. The summed E-state index contributed by atoms with van der Waals surface area (Å²) in [5, 5.41) is 15.6. The number of carboxylic acids is 1. The fourth-order valence-electron chi connectivity index (χ4n) is 6.84. The summed E-state index contributed by atoms with van der Waals surface area (Å²) in [6, 6.07) is 14.6. The van der Waals surface area contributed by atoms with Crippen LogP contribution in [0, 0.1) is 20.8 Å². The van der Waals surface area contributed by atoms with E-state index in [1.807, 2.05) is 38.3 Å². The maximum Gasteiger partial charge on any atom is 0.337 e. The predicted octanol–water partition coefficient (Wildman–Crippen LogP) is 7.87. The fourth-order valence-corrected chi connectivity index (χ4v) is 6.84. The van der Waals surface area contributed by atoms with Gasteiger partial charge in [-0.3, -0.25) is 0 Å². The minimum Gasteiger partial charge on any atom is -0.490 e. The smallest absolute Gasteiger partial charge is 0.337 e. The molecule has 1 fully saturated rings. The lowest BCUT2D eigenvalue weighted by molar-refractivity contribution is -0.160. The molecule has 1 N–H and O–H groups in total. The van der Waals surface area contributed by atoms with Gasteiger partial charge in [-0.2, -0.15) is 9.61 Å². The van der Waals surface area contributed by atoms with Gasteiger partial charge in [-0.25, -0.2) is 9.78 Å². The van der Waals surface area contributed by atoms with Crippen LogP contribution in [-0.2, 0) is 14.3 Å². The van der Waals surface area contributed by atoms with Gasteiger partial charge in [0.1, 0.15) is 11.6 Å². The zero-order valence-electron chi connectivity index (χ0n) is 29.0. The van der Waals surface area contributed by atoms with Gasteiger partial charge in [0, 0.05) is 42.6 Å². The number of rotatable bonds is 3. The molecule has 6 bridgehead atoms. The second-order valence-electron chi connectivity index (χ2n) is 14.5. The molecular weight excluding hydrogens is 592 g/mol. The molecule has 0 spiro atoms. The first kappa shape index (κ1) is 33.0. The number of fused-ring (bicyclic) bond motifs is 7. The molecule has 0 unspecified atom stereocenters. The topological polar surface area (TPSA) is 98.4 Å². The zero-order chi connectivity index (χ0) is 33.7. The van der Waals surface area contributed by atoms with E-state index in [9.17, 15) is 9.90 Å². The molecule has 0 aliphatic carbocycles. The quantitative estimate of drug-likeness (QED) is 0.242. The molecule has 9 heteroatoms. The van der Waals surface area contributed by atoms with Crippen molar-refractivity contribution >= 4 is 17.4 Å². The number of hydrogen-bond donors (Lipinski definition) is 1. The third-order valence-electron chi connectivity index (χ3n) is 9.56. The highest BCUT2D eigenvalue weighted by Crippen LogP contribution is 2.40. The van der Waals surface area contributed by atoms with E-state index in [2.05, 4.69) is 69.0 Å². The number of carboxylic acid groups (broad SMARTS) is 1. The molecule has 9 nitrogen and oxygen atoms in total. The van der Waals surface area contributed by atoms with Gasteiger partial charge in [0.2, 0.25) is 0 Å². The van der Waals surface area contributed by atoms with Crippen LogP contribution in [0.2, 0.25) is 0 Å². The number of aromatic nitrogens is 3. The second-order valence-corrected chi connectivity index (χ2v) is 14.5. The van der Waals surface area contributed by atoms with E-state index >= 15 is 0 Å². The molecule has 250 valence electrons. The number of aliphatic carboxylic acids is 1. The van der Waals surface area contributed by atoms with Crippen LogP contribution in [0.4, 0.5) is 5.82 Å². The highest BCUT2D eigenvalue weighted by Gasteiger charge is 2.38. The summed E-state index contributed by atoms with van der Waals surface area (Å²) in [4.78, 5) is 20.0. The van der Waals surface area contributed by atoms with Gasteiger partial charge >= 0.3 is 5.97 Å². The van der Waals surface area contributed by atoms with Crippen LogP contribution in [-0.4, -0.2) is 62.7 Å². The Kier molecular flexibility index (Phi) is 8.82. The van der Waals surface area contributed by atoms with Crippen molar-refractivity contribution in [2.75, 3.05) is 24.6 Å². The van der Waals surface area contributed by atoms with Crippen molar-refractivity contribution in [3.8, 4) is 28.1 Å². The zero-order valence-corrected chi connectivity index (χ0v) is 29.0. The minimum atomic E-state index is -1.21. The van der Waals surface area contributed by atoms with Crippen LogP contribution in [0.15, 0.2) is 42.5 Å². The van der Waals surface area contributed by atoms with E-state index in [1.54, 1.807) is 0 Å². The maximum absolute atomic E-state index is 12.8. The first-order chi connectivity index (χ1) is 22.2. The Labute approximate surface area is 277 Å². The number of carbonyl (C=O) groups is 1. The van der Waals surface area contributed by atoms with Gasteiger partial charge in [0.15, 0.2) is 11.8 Å². The lowest BCUT2D eigenvalue weighted by Gasteiger charge is -2.41. The van der Waals surface area contributed by atoms with Crippen LogP contribution < -0.4 is 9.64 Å². The lowest BCUT2D eigenvalue weighted by atomic mass is 9.92. The lowest BCUT2D eigenvalue weighted by Crippen LogP contribution is -2.46. The van der Waals surface area contributed by atoms with Crippen molar-refractivity contribution in [1.82, 2.24) is 14.6 Å². The van der Waals surface area contributed by atoms with Crippen LogP contribution in [0.5, 0.6) is 5.75 Å².